The minimum atomic E-state index is -0.541. The topological polar surface area (TPSA) is 35.5 Å². The van der Waals surface area contributed by atoms with Gasteiger partial charge in [-0.3, -0.25) is 0 Å². The van der Waals surface area contributed by atoms with Crippen molar-refractivity contribution < 1.29 is 18.7 Å². The second kappa shape index (κ2) is 5.49. The second-order valence-electron chi connectivity index (χ2n) is 4.45. The molecule has 0 saturated carbocycles. The largest absolute Gasteiger partial charge is 0.481 e. The van der Waals surface area contributed by atoms with Gasteiger partial charge in [-0.1, -0.05) is 0 Å². The molecule has 1 aromatic carbocycles. The molecule has 3 nitrogen and oxygen atoms in total. The molecule has 0 unspecified atom stereocenters. The van der Waals surface area contributed by atoms with Gasteiger partial charge in [-0.15, -0.1) is 0 Å². The first-order valence-electron chi connectivity index (χ1n) is 5.07. The van der Waals surface area contributed by atoms with Gasteiger partial charge in [0.25, 0.3) is 0 Å². The maximum atomic E-state index is 12.8. The van der Waals surface area contributed by atoms with Gasteiger partial charge in [0, 0.05) is 0 Å². The van der Waals surface area contributed by atoms with Gasteiger partial charge in [0.1, 0.15) is 17.2 Å². The van der Waals surface area contributed by atoms with Crippen LogP contribution in [-0.2, 0) is 9.53 Å². The number of esters is 1. The average molecular weight is 305 g/mol. The van der Waals surface area contributed by atoms with Crippen LogP contribution in [0.2, 0.25) is 0 Å². The number of halogens is 2. The van der Waals surface area contributed by atoms with E-state index in [0.717, 1.165) is 0 Å². The van der Waals surface area contributed by atoms with Crippen molar-refractivity contribution in [1.29, 1.82) is 0 Å². The lowest BCUT2D eigenvalue weighted by atomic mass is 10.2. The smallest absolute Gasteiger partial charge is 0.344 e. The van der Waals surface area contributed by atoms with Crippen LogP contribution in [-0.4, -0.2) is 18.2 Å². The van der Waals surface area contributed by atoms with E-state index in [2.05, 4.69) is 15.9 Å². The minimum Gasteiger partial charge on any atom is -0.481 e. The molecule has 17 heavy (non-hydrogen) atoms. The lowest BCUT2D eigenvalue weighted by molar-refractivity contribution is -0.157. The molecule has 0 aliphatic heterocycles. The van der Waals surface area contributed by atoms with E-state index >= 15 is 0 Å². The van der Waals surface area contributed by atoms with E-state index in [1.165, 1.54) is 18.2 Å². The summed E-state index contributed by atoms with van der Waals surface area (Å²) in [4.78, 5) is 11.4. The molecule has 5 heteroatoms. The summed E-state index contributed by atoms with van der Waals surface area (Å²) < 4.78 is 23.5. The highest BCUT2D eigenvalue weighted by atomic mass is 79.9. The molecular formula is C12H14BrFO3. The van der Waals surface area contributed by atoms with E-state index in [0.29, 0.717) is 10.2 Å². The van der Waals surface area contributed by atoms with E-state index in [9.17, 15) is 9.18 Å². The first-order chi connectivity index (χ1) is 7.78. The molecule has 0 radical (unpaired) electrons. The van der Waals surface area contributed by atoms with Crippen LogP contribution < -0.4 is 4.74 Å². The third-order valence-electron chi connectivity index (χ3n) is 1.66. The summed E-state index contributed by atoms with van der Waals surface area (Å²) >= 11 is 3.14. The summed E-state index contributed by atoms with van der Waals surface area (Å²) in [5.41, 5.74) is -0.541. The standard InChI is InChI=1S/C12H14BrFO3/c1-12(2,3)17-11(15)7-16-10-5-4-8(14)6-9(10)13/h4-6H,7H2,1-3H3. The number of hydrogen-bond acceptors (Lipinski definition) is 3. The molecule has 0 aliphatic rings. The molecular weight excluding hydrogens is 291 g/mol. The molecule has 1 rings (SSSR count). The molecule has 0 atom stereocenters. The van der Waals surface area contributed by atoms with Crippen LogP contribution in [0.4, 0.5) is 4.39 Å². The molecule has 94 valence electrons. The Kier molecular flexibility index (Phi) is 4.51. The van der Waals surface area contributed by atoms with Gasteiger partial charge >= 0.3 is 5.97 Å². The number of ether oxygens (including phenoxy) is 2. The third kappa shape index (κ3) is 5.17. The zero-order valence-corrected chi connectivity index (χ0v) is 11.5. The SMILES string of the molecule is CC(C)(C)OC(=O)COc1ccc(F)cc1Br. The number of rotatable bonds is 3. The van der Waals surface area contributed by atoms with E-state index < -0.39 is 11.6 Å². The fourth-order valence-corrected chi connectivity index (χ4v) is 1.57. The van der Waals surface area contributed by atoms with Crippen molar-refractivity contribution in [3.05, 3.63) is 28.5 Å². The molecule has 0 aliphatic carbocycles. The third-order valence-corrected chi connectivity index (χ3v) is 2.28. The monoisotopic (exact) mass is 304 g/mol. The molecule has 0 aromatic heterocycles. The maximum Gasteiger partial charge on any atom is 0.344 e. The number of hydrogen-bond donors (Lipinski definition) is 0. The molecule has 0 amide bonds. The Hall–Kier alpha value is -1.10. The van der Waals surface area contributed by atoms with Crippen LogP contribution in [0.15, 0.2) is 22.7 Å². The first-order valence-corrected chi connectivity index (χ1v) is 5.87. The molecule has 0 saturated heterocycles. The summed E-state index contributed by atoms with van der Waals surface area (Å²) in [6, 6.07) is 3.98. The Bertz CT molecular complexity index is 413. The Labute approximate surface area is 108 Å². The number of carbonyl (C=O) groups excluding carboxylic acids is 1. The zero-order chi connectivity index (χ0) is 13.1. The Morgan fingerprint density at radius 2 is 2.06 bits per heavy atom. The fourth-order valence-electron chi connectivity index (χ4n) is 1.10. The second-order valence-corrected chi connectivity index (χ2v) is 5.30. The van der Waals surface area contributed by atoms with Gasteiger partial charge in [0.2, 0.25) is 0 Å². The van der Waals surface area contributed by atoms with Crippen LogP contribution in [0.3, 0.4) is 0 Å². The van der Waals surface area contributed by atoms with E-state index in [-0.39, 0.29) is 12.4 Å². The van der Waals surface area contributed by atoms with Crippen molar-refractivity contribution in [2.24, 2.45) is 0 Å². The molecule has 0 fully saturated rings. The quantitative estimate of drug-likeness (QED) is 0.804. The van der Waals surface area contributed by atoms with Gasteiger partial charge < -0.3 is 9.47 Å². The summed E-state index contributed by atoms with van der Waals surface area (Å²) in [5, 5.41) is 0. The Morgan fingerprint density at radius 1 is 1.41 bits per heavy atom. The molecule has 1 aromatic rings. The molecule has 0 N–H and O–H groups in total. The summed E-state index contributed by atoms with van der Waals surface area (Å²) in [6.45, 7) is 5.12. The molecule has 0 spiro atoms. The Balaban J connectivity index is 2.53. The van der Waals surface area contributed by atoms with Crippen molar-refractivity contribution in [2.75, 3.05) is 6.61 Å². The van der Waals surface area contributed by atoms with E-state index in [1.54, 1.807) is 20.8 Å². The highest BCUT2D eigenvalue weighted by molar-refractivity contribution is 9.10. The van der Waals surface area contributed by atoms with Crippen LogP contribution in [0.5, 0.6) is 5.75 Å². The fraction of sp³-hybridized carbons (Fsp3) is 0.417. The summed E-state index contributed by atoms with van der Waals surface area (Å²) in [7, 11) is 0. The average Bonchev–Trinajstić information content (AvgIpc) is 2.13. The van der Waals surface area contributed by atoms with Crippen molar-refractivity contribution in [3.63, 3.8) is 0 Å². The van der Waals surface area contributed by atoms with Crippen molar-refractivity contribution in [2.45, 2.75) is 26.4 Å². The van der Waals surface area contributed by atoms with Crippen LogP contribution in [0.1, 0.15) is 20.8 Å². The summed E-state index contributed by atoms with van der Waals surface area (Å²) in [5.74, 6) is -0.438. The normalized spacial score (nSPS) is 11.1. The Morgan fingerprint density at radius 3 is 2.59 bits per heavy atom. The lowest BCUT2D eigenvalue weighted by Gasteiger charge is -2.19. The highest BCUT2D eigenvalue weighted by Gasteiger charge is 2.16. The van der Waals surface area contributed by atoms with Crippen LogP contribution >= 0.6 is 15.9 Å². The predicted molar refractivity (Wildman–Crippen MR) is 65.4 cm³/mol. The molecule has 0 heterocycles. The van der Waals surface area contributed by atoms with E-state index in [4.69, 9.17) is 9.47 Å². The minimum absolute atomic E-state index is 0.207. The van der Waals surface area contributed by atoms with Gasteiger partial charge in [0.15, 0.2) is 6.61 Å². The number of carbonyl (C=O) groups is 1. The predicted octanol–water partition coefficient (Wildman–Crippen LogP) is 3.31. The van der Waals surface area contributed by atoms with Crippen molar-refractivity contribution in [3.8, 4) is 5.75 Å². The zero-order valence-electron chi connectivity index (χ0n) is 9.92. The first kappa shape index (κ1) is 14.0. The van der Waals surface area contributed by atoms with Crippen LogP contribution in [0.25, 0.3) is 0 Å². The van der Waals surface area contributed by atoms with Crippen molar-refractivity contribution >= 4 is 21.9 Å². The van der Waals surface area contributed by atoms with Crippen molar-refractivity contribution in [1.82, 2.24) is 0 Å². The summed E-state index contributed by atoms with van der Waals surface area (Å²) in [6.07, 6.45) is 0. The number of benzene rings is 1. The van der Waals surface area contributed by atoms with Gasteiger partial charge in [0.05, 0.1) is 4.47 Å². The van der Waals surface area contributed by atoms with Gasteiger partial charge in [-0.25, -0.2) is 9.18 Å². The van der Waals surface area contributed by atoms with Gasteiger partial charge in [-0.05, 0) is 54.9 Å². The van der Waals surface area contributed by atoms with Crippen LogP contribution in [0, 0.1) is 5.82 Å². The van der Waals surface area contributed by atoms with Gasteiger partial charge in [-0.2, -0.15) is 0 Å². The van der Waals surface area contributed by atoms with E-state index in [1.807, 2.05) is 0 Å². The highest BCUT2D eigenvalue weighted by Crippen LogP contribution is 2.25. The molecule has 0 bridgehead atoms. The lowest BCUT2D eigenvalue weighted by Crippen LogP contribution is -2.27. The maximum absolute atomic E-state index is 12.8.